The Kier molecular flexibility index (Phi) is 2.31. The predicted molar refractivity (Wildman–Crippen MR) is 62.5 cm³/mol. The standard InChI is InChI=1S/C11H7Cl2NO3/c12-4-1-7(13)9-8(2-4)14-10(17-9)5-3-6(5)11(15)16/h1-2,5-6H,3H2,(H,15,16). The van der Waals surface area contributed by atoms with Gasteiger partial charge in [0.15, 0.2) is 11.5 Å². The first-order valence-electron chi connectivity index (χ1n) is 5.04. The van der Waals surface area contributed by atoms with Crippen molar-refractivity contribution in [1.29, 1.82) is 0 Å². The number of carbonyl (C=O) groups is 1. The first-order valence-corrected chi connectivity index (χ1v) is 5.80. The van der Waals surface area contributed by atoms with Crippen molar-refractivity contribution >= 4 is 40.3 Å². The number of nitrogens with zero attached hydrogens (tertiary/aromatic N) is 1. The van der Waals surface area contributed by atoms with Gasteiger partial charge in [-0.2, -0.15) is 0 Å². The van der Waals surface area contributed by atoms with Gasteiger partial charge in [0.05, 0.1) is 10.9 Å². The maximum atomic E-state index is 10.8. The average molecular weight is 272 g/mol. The third-order valence-electron chi connectivity index (χ3n) is 2.85. The van der Waals surface area contributed by atoms with Crippen molar-refractivity contribution in [1.82, 2.24) is 4.98 Å². The van der Waals surface area contributed by atoms with Crippen molar-refractivity contribution in [3.8, 4) is 0 Å². The van der Waals surface area contributed by atoms with Crippen LogP contribution < -0.4 is 0 Å². The predicted octanol–water partition coefficient (Wildman–Crippen LogP) is 3.32. The van der Waals surface area contributed by atoms with Gasteiger partial charge in [-0.3, -0.25) is 4.79 Å². The van der Waals surface area contributed by atoms with E-state index in [4.69, 9.17) is 32.7 Å². The summed E-state index contributed by atoms with van der Waals surface area (Å²) in [5.74, 6) is -0.926. The maximum Gasteiger partial charge on any atom is 0.307 e. The normalized spacial score (nSPS) is 22.9. The van der Waals surface area contributed by atoms with Crippen molar-refractivity contribution < 1.29 is 14.3 Å². The lowest BCUT2D eigenvalue weighted by Gasteiger charge is -1.91. The molecule has 0 saturated heterocycles. The molecule has 1 aromatic heterocycles. The molecule has 1 aliphatic carbocycles. The summed E-state index contributed by atoms with van der Waals surface area (Å²) in [6.45, 7) is 0. The lowest BCUT2D eigenvalue weighted by atomic mass is 10.3. The quantitative estimate of drug-likeness (QED) is 0.910. The highest BCUT2D eigenvalue weighted by Gasteiger charge is 2.47. The van der Waals surface area contributed by atoms with Crippen LogP contribution in [0.25, 0.3) is 11.1 Å². The fourth-order valence-electron chi connectivity index (χ4n) is 1.88. The summed E-state index contributed by atoms with van der Waals surface area (Å²) in [6.07, 6.45) is 0.563. The Hall–Kier alpha value is -1.26. The van der Waals surface area contributed by atoms with Crippen LogP contribution >= 0.6 is 23.2 Å². The van der Waals surface area contributed by atoms with E-state index >= 15 is 0 Å². The van der Waals surface area contributed by atoms with Crippen LogP contribution in [-0.2, 0) is 4.79 Å². The molecular formula is C11H7Cl2NO3. The molecule has 6 heteroatoms. The topological polar surface area (TPSA) is 63.3 Å². The molecule has 0 amide bonds. The molecule has 2 aromatic rings. The second-order valence-electron chi connectivity index (χ2n) is 4.07. The Morgan fingerprint density at radius 1 is 1.47 bits per heavy atom. The van der Waals surface area contributed by atoms with Gasteiger partial charge in [-0.1, -0.05) is 23.2 Å². The number of hydrogen-bond acceptors (Lipinski definition) is 3. The number of aliphatic carboxylic acids is 1. The number of halogens is 2. The Morgan fingerprint density at radius 3 is 2.88 bits per heavy atom. The van der Waals surface area contributed by atoms with Crippen LogP contribution in [0.2, 0.25) is 10.0 Å². The van der Waals surface area contributed by atoms with Crippen molar-refractivity contribution in [2.75, 3.05) is 0 Å². The minimum Gasteiger partial charge on any atom is -0.481 e. The molecule has 0 aliphatic heterocycles. The minimum atomic E-state index is -0.818. The van der Waals surface area contributed by atoms with Crippen molar-refractivity contribution in [2.24, 2.45) is 5.92 Å². The molecule has 1 heterocycles. The molecule has 17 heavy (non-hydrogen) atoms. The molecule has 4 nitrogen and oxygen atoms in total. The number of hydrogen-bond donors (Lipinski definition) is 1. The highest BCUT2D eigenvalue weighted by atomic mass is 35.5. The molecule has 0 spiro atoms. The number of benzene rings is 1. The van der Waals surface area contributed by atoms with Gasteiger partial charge in [0.1, 0.15) is 5.52 Å². The van der Waals surface area contributed by atoms with Gasteiger partial charge in [0, 0.05) is 10.9 Å². The van der Waals surface area contributed by atoms with Gasteiger partial charge in [-0.15, -0.1) is 0 Å². The Balaban J connectivity index is 2.03. The average Bonchev–Trinajstić information content (AvgIpc) is 2.93. The molecule has 3 rings (SSSR count). The summed E-state index contributed by atoms with van der Waals surface area (Å²) in [4.78, 5) is 15.0. The van der Waals surface area contributed by atoms with Crippen molar-refractivity contribution in [3.05, 3.63) is 28.1 Å². The smallest absolute Gasteiger partial charge is 0.307 e. The van der Waals surface area contributed by atoms with Gasteiger partial charge < -0.3 is 9.52 Å². The largest absolute Gasteiger partial charge is 0.481 e. The number of oxazole rings is 1. The maximum absolute atomic E-state index is 10.8. The van der Waals surface area contributed by atoms with E-state index in [9.17, 15) is 4.79 Å². The minimum absolute atomic E-state index is 0.144. The molecule has 2 unspecified atom stereocenters. The summed E-state index contributed by atoms with van der Waals surface area (Å²) in [7, 11) is 0. The number of carboxylic acid groups (broad SMARTS) is 1. The molecule has 1 N–H and O–H groups in total. The SMILES string of the molecule is O=C(O)C1CC1c1nc2cc(Cl)cc(Cl)c2o1. The van der Waals surface area contributed by atoms with Crippen molar-refractivity contribution in [3.63, 3.8) is 0 Å². The van der Waals surface area contributed by atoms with E-state index in [0.717, 1.165) is 0 Å². The molecule has 1 aliphatic rings. The summed E-state index contributed by atoms with van der Waals surface area (Å²) in [6, 6.07) is 3.22. The van der Waals surface area contributed by atoms with E-state index in [0.29, 0.717) is 33.5 Å². The lowest BCUT2D eigenvalue weighted by molar-refractivity contribution is -0.138. The molecule has 1 saturated carbocycles. The lowest BCUT2D eigenvalue weighted by Crippen LogP contribution is -1.98. The van der Waals surface area contributed by atoms with Gasteiger partial charge in [0.2, 0.25) is 0 Å². The fourth-order valence-corrected chi connectivity index (χ4v) is 2.40. The van der Waals surface area contributed by atoms with E-state index in [-0.39, 0.29) is 5.92 Å². The molecule has 88 valence electrons. The number of aromatic nitrogens is 1. The molecule has 2 atom stereocenters. The summed E-state index contributed by atoms with van der Waals surface area (Å²) < 4.78 is 5.49. The second-order valence-corrected chi connectivity index (χ2v) is 4.92. The van der Waals surface area contributed by atoms with Crippen LogP contribution in [0.5, 0.6) is 0 Å². The zero-order chi connectivity index (χ0) is 12.2. The zero-order valence-corrected chi connectivity index (χ0v) is 10.00. The van der Waals surface area contributed by atoms with Crippen LogP contribution in [-0.4, -0.2) is 16.1 Å². The Morgan fingerprint density at radius 2 is 2.24 bits per heavy atom. The van der Waals surface area contributed by atoms with Crippen LogP contribution in [0.1, 0.15) is 18.2 Å². The second kappa shape index (κ2) is 3.62. The monoisotopic (exact) mass is 271 g/mol. The third kappa shape index (κ3) is 1.77. The molecule has 0 radical (unpaired) electrons. The summed E-state index contributed by atoms with van der Waals surface area (Å²) in [5.41, 5.74) is 1.02. The van der Waals surface area contributed by atoms with Crippen LogP contribution in [0.15, 0.2) is 16.5 Å². The molecule has 0 bridgehead atoms. The number of fused-ring (bicyclic) bond motifs is 1. The first kappa shape index (κ1) is 10.9. The Bertz CT molecular complexity index is 622. The van der Waals surface area contributed by atoms with E-state index in [1.165, 1.54) is 0 Å². The first-order chi connectivity index (χ1) is 8.06. The fraction of sp³-hybridized carbons (Fsp3) is 0.273. The number of carboxylic acids is 1. The summed E-state index contributed by atoms with van der Waals surface area (Å²) in [5, 5.41) is 9.71. The highest BCUT2D eigenvalue weighted by molar-refractivity contribution is 6.37. The molecular weight excluding hydrogens is 265 g/mol. The Labute approximate surface area is 106 Å². The van der Waals surface area contributed by atoms with Crippen LogP contribution in [0.4, 0.5) is 0 Å². The molecule has 1 fully saturated rings. The summed E-state index contributed by atoms with van der Waals surface area (Å²) >= 11 is 11.8. The van der Waals surface area contributed by atoms with E-state index in [1.807, 2.05) is 0 Å². The van der Waals surface area contributed by atoms with E-state index < -0.39 is 11.9 Å². The van der Waals surface area contributed by atoms with Gasteiger partial charge in [-0.05, 0) is 18.6 Å². The highest BCUT2D eigenvalue weighted by Crippen LogP contribution is 2.48. The van der Waals surface area contributed by atoms with Gasteiger partial charge >= 0.3 is 5.97 Å². The molecule has 1 aromatic carbocycles. The van der Waals surface area contributed by atoms with Gasteiger partial charge in [-0.25, -0.2) is 4.98 Å². The third-order valence-corrected chi connectivity index (χ3v) is 3.35. The van der Waals surface area contributed by atoms with Crippen molar-refractivity contribution in [2.45, 2.75) is 12.3 Å². The zero-order valence-electron chi connectivity index (χ0n) is 8.48. The van der Waals surface area contributed by atoms with Crippen LogP contribution in [0, 0.1) is 5.92 Å². The number of rotatable bonds is 2. The van der Waals surface area contributed by atoms with E-state index in [2.05, 4.69) is 4.98 Å². The van der Waals surface area contributed by atoms with Gasteiger partial charge in [0.25, 0.3) is 0 Å². The van der Waals surface area contributed by atoms with Crippen LogP contribution in [0.3, 0.4) is 0 Å². The van der Waals surface area contributed by atoms with E-state index in [1.54, 1.807) is 12.1 Å².